The SMILES string of the molecule is CCN(CCCNS(=O)(=O)N(C)CCC(=O)O)S(C)(=O)=O. The lowest BCUT2D eigenvalue weighted by Gasteiger charge is -2.19. The Bertz CT molecular complexity index is 531. The predicted molar refractivity (Wildman–Crippen MR) is 78.5 cm³/mol. The smallest absolute Gasteiger partial charge is 0.304 e. The van der Waals surface area contributed by atoms with Crippen LogP contribution in [0.5, 0.6) is 0 Å². The second-order valence-corrected chi connectivity index (χ2v) is 8.32. The predicted octanol–water partition coefficient (Wildman–Crippen LogP) is -1.10. The van der Waals surface area contributed by atoms with Crippen molar-refractivity contribution in [2.45, 2.75) is 19.8 Å². The highest BCUT2D eigenvalue weighted by molar-refractivity contribution is 7.88. The third-order valence-electron chi connectivity index (χ3n) is 2.74. The normalized spacial score (nSPS) is 13.0. The molecule has 0 spiro atoms. The molecule has 126 valence electrons. The fraction of sp³-hybridized carbons (Fsp3) is 0.900. The summed E-state index contributed by atoms with van der Waals surface area (Å²) in [5.41, 5.74) is 0. The minimum atomic E-state index is -3.74. The number of carbonyl (C=O) groups is 1. The van der Waals surface area contributed by atoms with Crippen molar-refractivity contribution in [3.8, 4) is 0 Å². The Morgan fingerprint density at radius 2 is 1.76 bits per heavy atom. The largest absolute Gasteiger partial charge is 0.481 e. The maximum Gasteiger partial charge on any atom is 0.304 e. The number of carboxylic acids is 1. The average Bonchev–Trinajstić information content (AvgIpc) is 2.33. The van der Waals surface area contributed by atoms with E-state index in [1.807, 2.05) is 0 Å². The van der Waals surface area contributed by atoms with Crippen LogP contribution in [-0.2, 0) is 25.0 Å². The van der Waals surface area contributed by atoms with Crippen molar-refractivity contribution < 1.29 is 26.7 Å². The lowest BCUT2D eigenvalue weighted by atomic mass is 10.4. The van der Waals surface area contributed by atoms with E-state index < -0.39 is 26.2 Å². The van der Waals surface area contributed by atoms with Crippen LogP contribution in [0.3, 0.4) is 0 Å². The average molecular weight is 345 g/mol. The summed E-state index contributed by atoms with van der Waals surface area (Å²) in [6.45, 7) is 2.19. The third-order valence-corrected chi connectivity index (χ3v) is 5.69. The van der Waals surface area contributed by atoms with Gasteiger partial charge in [-0.25, -0.2) is 17.4 Å². The molecule has 0 aromatic carbocycles. The lowest BCUT2D eigenvalue weighted by Crippen LogP contribution is -2.40. The van der Waals surface area contributed by atoms with E-state index in [0.717, 1.165) is 10.6 Å². The minimum Gasteiger partial charge on any atom is -0.481 e. The third kappa shape index (κ3) is 8.31. The summed E-state index contributed by atoms with van der Waals surface area (Å²) < 4.78 is 50.6. The minimum absolute atomic E-state index is 0.0752. The molecule has 0 aromatic rings. The van der Waals surface area contributed by atoms with E-state index >= 15 is 0 Å². The summed E-state index contributed by atoms with van der Waals surface area (Å²) in [6, 6.07) is 0. The van der Waals surface area contributed by atoms with Gasteiger partial charge in [0, 0.05) is 33.2 Å². The molecular weight excluding hydrogens is 322 g/mol. The van der Waals surface area contributed by atoms with E-state index in [4.69, 9.17) is 5.11 Å². The Morgan fingerprint density at radius 3 is 2.19 bits per heavy atom. The molecule has 0 unspecified atom stereocenters. The zero-order valence-electron chi connectivity index (χ0n) is 12.4. The maximum absolute atomic E-state index is 11.7. The van der Waals surface area contributed by atoms with Crippen molar-refractivity contribution in [3.63, 3.8) is 0 Å². The van der Waals surface area contributed by atoms with Gasteiger partial charge in [0.25, 0.3) is 10.2 Å². The van der Waals surface area contributed by atoms with Crippen molar-refractivity contribution in [1.29, 1.82) is 0 Å². The first-order valence-electron chi connectivity index (χ1n) is 6.38. The number of aliphatic carboxylic acids is 1. The second-order valence-electron chi connectivity index (χ2n) is 4.47. The van der Waals surface area contributed by atoms with Gasteiger partial charge in [0.1, 0.15) is 0 Å². The van der Waals surface area contributed by atoms with Crippen LogP contribution >= 0.6 is 0 Å². The van der Waals surface area contributed by atoms with Gasteiger partial charge in [-0.05, 0) is 6.42 Å². The summed E-state index contributed by atoms with van der Waals surface area (Å²) >= 11 is 0. The molecule has 0 saturated carbocycles. The Morgan fingerprint density at radius 1 is 1.19 bits per heavy atom. The van der Waals surface area contributed by atoms with Crippen LogP contribution in [0.1, 0.15) is 19.8 Å². The Hall–Kier alpha value is -0.750. The number of hydrogen-bond donors (Lipinski definition) is 2. The molecule has 0 aliphatic carbocycles. The van der Waals surface area contributed by atoms with Crippen LogP contribution in [0.2, 0.25) is 0 Å². The van der Waals surface area contributed by atoms with Gasteiger partial charge in [-0.3, -0.25) is 4.79 Å². The Balaban J connectivity index is 4.24. The highest BCUT2D eigenvalue weighted by Gasteiger charge is 2.18. The van der Waals surface area contributed by atoms with Gasteiger partial charge in [0.05, 0.1) is 12.7 Å². The van der Waals surface area contributed by atoms with Crippen molar-refractivity contribution in [2.75, 3.05) is 39.5 Å². The first kappa shape index (κ1) is 20.2. The molecule has 2 N–H and O–H groups in total. The maximum atomic E-state index is 11.7. The molecule has 0 fully saturated rings. The molecule has 11 heteroatoms. The second kappa shape index (κ2) is 8.63. The Labute approximate surface area is 126 Å². The molecule has 0 radical (unpaired) electrons. The van der Waals surface area contributed by atoms with Gasteiger partial charge in [0.15, 0.2) is 0 Å². The summed E-state index contributed by atoms with van der Waals surface area (Å²) in [5.74, 6) is -1.08. The summed E-state index contributed by atoms with van der Waals surface area (Å²) in [5, 5.41) is 8.50. The van der Waals surface area contributed by atoms with E-state index in [1.165, 1.54) is 11.4 Å². The zero-order chi connectivity index (χ0) is 16.7. The van der Waals surface area contributed by atoms with E-state index in [-0.39, 0.29) is 26.1 Å². The molecule has 9 nitrogen and oxygen atoms in total. The van der Waals surface area contributed by atoms with E-state index in [2.05, 4.69) is 4.72 Å². The highest BCUT2D eigenvalue weighted by Crippen LogP contribution is 2.00. The molecule has 0 aromatic heterocycles. The fourth-order valence-corrected chi connectivity index (χ4v) is 3.38. The van der Waals surface area contributed by atoms with Crippen LogP contribution in [0.15, 0.2) is 0 Å². The lowest BCUT2D eigenvalue weighted by molar-refractivity contribution is -0.137. The number of rotatable bonds is 11. The van der Waals surface area contributed by atoms with Crippen LogP contribution < -0.4 is 4.72 Å². The summed E-state index contributed by atoms with van der Waals surface area (Å²) in [6.07, 6.45) is 1.14. The van der Waals surface area contributed by atoms with E-state index in [1.54, 1.807) is 6.92 Å². The van der Waals surface area contributed by atoms with Crippen molar-refractivity contribution in [3.05, 3.63) is 0 Å². The van der Waals surface area contributed by atoms with Gasteiger partial charge in [-0.1, -0.05) is 6.92 Å². The first-order valence-corrected chi connectivity index (χ1v) is 9.67. The van der Waals surface area contributed by atoms with Crippen molar-refractivity contribution in [1.82, 2.24) is 13.3 Å². The molecule has 0 aliphatic heterocycles. The number of carboxylic acid groups (broad SMARTS) is 1. The van der Waals surface area contributed by atoms with Gasteiger partial charge in [-0.15, -0.1) is 0 Å². The number of hydrogen-bond acceptors (Lipinski definition) is 5. The zero-order valence-corrected chi connectivity index (χ0v) is 14.1. The van der Waals surface area contributed by atoms with E-state index in [9.17, 15) is 21.6 Å². The van der Waals surface area contributed by atoms with Crippen molar-refractivity contribution >= 4 is 26.2 Å². The monoisotopic (exact) mass is 345 g/mol. The van der Waals surface area contributed by atoms with Crippen LogP contribution in [0, 0.1) is 0 Å². The van der Waals surface area contributed by atoms with Crippen molar-refractivity contribution in [2.24, 2.45) is 0 Å². The van der Waals surface area contributed by atoms with Crippen LogP contribution in [-0.4, -0.2) is 76.0 Å². The molecule has 0 aliphatic rings. The van der Waals surface area contributed by atoms with Crippen LogP contribution in [0.4, 0.5) is 0 Å². The molecular formula is C10H23N3O6S2. The first-order chi connectivity index (χ1) is 9.50. The molecule has 0 amide bonds. The molecule has 0 bridgehead atoms. The molecule has 0 atom stereocenters. The standard InChI is InChI=1S/C10H23N3O6S2/c1-4-13(20(3,16)17)8-5-7-11-21(18,19)12(2)9-6-10(14)15/h11H,4-9H2,1-3H3,(H,14,15). The van der Waals surface area contributed by atoms with Gasteiger partial charge in [-0.2, -0.15) is 12.7 Å². The summed E-state index contributed by atoms with van der Waals surface area (Å²) in [7, 11) is -5.75. The summed E-state index contributed by atoms with van der Waals surface area (Å²) in [4.78, 5) is 10.4. The number of sulfonamides is 1. The topological polar surface area (TPSA) is 124 Å². The molecule has 0 rings (SSSR count). The van der Waals surface area contributed by atoms with Gasteiger partial charge in [0.2, 0.25) is 10.0 Å². The number of nitrogens with zero attached hydrogens (tertiary/aromatic N) is 2. The highest BCUT2D eigenvalue weighted by atomic mass is 32.2. The van der Waals surface area contributed by atoms with E-state index in [0.29, 0.717) is 13.0 Å². The number of nitrogens with one attached hydrogen (secondary N) is 1. The molecule has 0 heterocycles. The molecule has 21 heavy (non-hydrogen) atoms. The molecule has 0 saturated heterocycles. The Kier molecular flexibility index (Phi) is 8.33. The van der Waals surface area contributed by atoms with Gasteiger partial charge < -0.3 is 5.11 Å². The fourth-order valence-electron chi connectivity index (χ4n) is 1.50. The van der Waals surface area contributed by atoms with Gasteiger partial charge >= 0.3 is 5.97 Å². The van der Waals surface area contributed by atoms with Crippen LogP contribution in [0.25, 0.3) is 0 Å². The quantitative estimate of drug-likeness (QED) is 0.458.